The second-order valence-corrected chi connectivity index (χ2v) is 6.08. The van der Waals surface area contributed by atoms with E-state index in [1.54, 1.807) is 11.8 Å². The van der Waals surface area contributed by atoms with Crippen LogP contribution in [0.25, 0.3) is 0 Å². The molecular weight excluding hydrogens is 273 g/mol. The average Bonchev–Trinajstić information content (AvgIpc) is 2.22. The van der Waals surface area contributed by atoms with Gasteiger partial charge in [-0.15, -0.1) is 0 Å². The van der Waals surface area contributed by atoms with E-state index in [1.807, 2.05) is 39.0 Å². The van der Waals surface area contributed by atoms with Crippen molar-refractivity contribution in [2.24, 2.45) is 0 Å². The molecular formula is C13H22NNaO3S. The minimum absolute atomic E-state index is 0. The average molecular weight is 295 g/mol. The van der Waals surface area contributed by atoms with Gasteiger partial charge in [0.05, 0.1) is 0 Å². The summed E-state index contributed by atoms with van der Waals surface area (Å²) in [5.41, 5.74) is 2.99. The van der Waals surface area contributed by atoms with Crippen molar-refractivity contribution >= 4 is 15.8 Å². The van der Waals surface area contributed by atoms with Crippen LogP contribution in [0.3, 0.4) is 0 Å². The van der Waals surface area contributed by atoms with Crippen molar-refractivity contribution in [3.05, 3.63) is 29.3 Å². The van der Waals surface area contributed by atoms with Gasteiger partial charge in [0, 0.05) is 12.2 Å². The van der Waals surface area contributed by atoms with Crippen LogP contribution in [-0.2, 0) is 10.1 Å². The van der Waals surface area contributed by atoms with Gasteiger partial charge in [0.2, 0.25) is 0 Å². The van der Waals surface area contributed by atoms with Crippen molar-refractivity contribution < 1.29 is 44.0 Å². The SMILES string of the molecule is CCC(N(CC)c1cc(C)cc(C)c1)S(=O)(=O)O.[H-].[Na+]. The Balaban J connectivity index is 0. The summed E-state index contributed by atoms with van der Waals surface area (Å²) in [6.07, 6.45) is 0.347. The minimum atomic E-state index is -4.07. The Kier molecular flexibility index (Phi) is 7.62. The van der Waals surface area contributed by atoms with Gasteiger partial charge in [-0.25, -0.2) is 0 Å². The molecule has 1 rings (SSSR count). The van der Waals surface area contributed by atoms with Gasteiger partial charge in [-0.05, 0) is 50.5 Å². The van der Waals surface area contributed by atoms with E-state index in [4.69, 9.17) is 0 Å². The fraction of sp³-hybridized carbons (Fsp3) is 0.538. The van der Waals surface area contributed by atoms with E-state index in [0.717, 1.165) is 16.8 Å². The van der Waals surface area contributed by atoms with E-state index >= 15 is 0 Å². The Bertz CT molecular complexity index is 502. The topological polar surface area (TPSA) is 57.6 Å². The van der Waals surface area contributed by atoms with E-state index in [1.165, 1.54) is 0 Å². The van der Waals surface area contributed by atoms with Gasteiger partial charge in [0.15, 0.2) is 5.37 Å². The number of rotatable bonds is 5. The molecule has 4 nitrogen and oxygen atoms in total. The zero-order valence-corrected chi connectivity index (χ0v) is 15.2. The molecule has 1 atom stereocenters. The Morgan fingerprint density at radius 1 is 1.21 bits per heavy atom. The van der Waals surface area contributed by atoms with Crippen LogP contribution < -0.4 is 34.5 Å². The van der Waals surface area contributed by atoms with Gasteiger partial charge in [-0.1, -0.05) is 13.0 Å². The Morgan fingerprint density at radius 2 is 1.68 bits per heavy atom. The first kappa shape index (κ1) is 18.9. The monoisotopic (exact) mass is 295 g/mol. The Hall–Kier alpha value is -0.0700. The number of anilines is 1. The molecule has 19 heavy (non-hydrogen) atoms. The van der Waals surface area contributed by atoms with Crippen molar-refractivity contribution in [1.82, 2.24) is 0 Å². The molecule has 0 saturated heterocycles. The first-order valence-corrected chi connectivity index (χ1v) is 7.61. The summed E-state index contributed by atoms with van der Waals surface area (Å²) in [4.78, 5) is 1.72. The third-order valence-electron chi connectivity index (χ3n) is 2.92. The number of hydrogen-bond donors (Lipinski definition) is 1. The first-order chi connectivity index (χ1) is 8.29. The summed E-state index contributed by atoms with van der Waals surface area (Å²) in [7, 11) is -4.07. The fourth-order valence-electron chi connectivity index (χ4n) is 2.26. The van der Waals surface area contributed by atoms with Crippen molar-refractivity contribution in [3.63, 3.8) is 0 Å². The smallest absolute Gasteiger partial charge is 1.00 e. The fourth-order valence-corrected chi connectivity index (χ4v) is 3.27. The molecule has 104 valence electrons. The van der Waals surface area contributed by atoms with E-state index < -0.39 is 15.5 Å². The molecule has 6 heteroatoms. The third-order valence-corrected chi connectivity index (χ3v) is 4.19. The molecule has 0 spiro atoms. The molecule has 0 aromatic heterocycles. The molecule has 1 unspecified atom stereocenters. The maximum absolute atomic E-state index is 11.4. The second kappa shape index (κ2) is 7.64. The van der Waals surface area contributed by atoms with Crippen molar-refractivity contribution in [1.29, 1.82) is 0 Å². The van der Waals surface area contributed by atoms with E-state index in [9.17, 15) is 13.0 Å². The molecule has 0 bridgehead atoms. The van der Waals surface area contributed by atoms with Crippen molar-refractivity contribution in [2.75, 3.05) is 11.4 Å². The molecule has 1 aromatic rings. The quantitative estimate of drug-likeness (QED) is 0.607. The molecule has 0 amide bonds. The summed E-state index contributed by atoms with van der Waals surface area (Å²) >= 11 is 0. The molecule has 0 saturated carbocycles. The van der Waals surface area contributed by atoms with Crippen molar-refractivity contribution in [2.45, 2.75) is 39.5 Å². The van der Waals surface area contributed by atoms with Crippen LogP contribution in [0.15, 0.2) is 18.2 Å². The van der Waals surface area contributed by atoms with Crippen LogP contribution in [0.2, 0.25) is 0 Å². The molecule has 0 radical (unpaired) electrons. The van der Waals surface area contributed by atoms with Gasteiger partial charge in [-0.3, -0.25) is 4.55 Å². The predicted molar refractivity (Wildman–Crippen MR) is 75.7 cm³/mol. The molecule has 0 aliphatic carbocycles. The molecule has 0 heterocycles. The van der Waals surface area contributed by atoms with Gasteiger partial charge in [0.1, 0.15) is 0 Å². The zero-order chi connectivity index (χ0) is 13.9. The Morgan fingerprint density at radius 3 is 2.00 bits per heavy atom. The molecule has 0 fully saturated rings. The maximum atomic E-state index is 11.4. The summed E-state index contributed by atoms with van der Waals surface area (Å²) in [5, 5.41) is -0.885. The summed E-state index contributed by atoms with van der Waals surface area (Å²) in [5.74, 6) is 0. The van der Waals surface area contributed by atoms with E-state index in [-0.39, 0.29) is 31.0 Å². The largest absolute Gasteiger partial charge is 1.00 e. The molecule has 1 N–H and O–H groups in total. The van der Waals surface area contributed by atoms with Crippen LogP contribution in [0.4, 0.5) is 5.69 Å². The van der Waals surface area contributed by atoms with Crippen LogP contribution in [0, 0.1) is 13.8 Å². The Labute approximate surface area is 139 Å². The normalized spacial score (nSPS) is 12.7. The van der Waals surface area contributed by atoms with E-state index in [0.29, 0.717) is 13.0 Å². The zero-order valence-electron chi connectivity index (χ0n) is 13.3. The molecule has 1 aromatic carbocycles. The van der Waals surface area contributed by atoms with Gasteiger partial charge < -0.3 is 6.33 Å². The van der Waals surface area contributed by atoms with Crippen LogP contribution in [0.5, 0.6) is 0 Å². The first-order valence-electron chi connectivity index (χ1n) is 6.10. The standard InChI is InChI=1S/C13H21NO3S.Na.H/c1-5-13(18(15,16)17)14(6-2)12-8-10(3)7-11(4)9-12;;/h7-9,13H,5-6H2,1-4H3,(H,15,16,17);;/q;+1;-1. The molecule has 0 aliphatic heterocycles. The van der Waals surface area contributed by atoms with Crippen LogP contribution >= 0.6 is 0 Å². The summed E-state index contributed by atoms with van der Waals surface area (Å²) in [6, 6.07) is 5.90. The number of benzene rings is 1. The van der Waals surface area contributed by atoms with Gasteiger partial charge in [0.25, 0.3) is 10.1 Å². The van der Waals surface area contributed by atoms with Crippen LogP contribution in [-0.4, -0.2) is 24.9 Å². The summed E-state index contributed by atoms with van der Waals surface area (Å²) in [6.45, 7) is 8.11. The van der Waals surface area contributed by atoms with Gasteiger partial charge in [-0.2, -0.15) is 8.42 Å². The maximum Gasteiger partial charge on any atom is 1.00 e. The number of aryl methyl sites for hydroxylation is 2. The molecule has 0 aliphatic rings. The van der Waals surface area contributed by atoms with Crippen LogP contribution in [0.1, 0.15) is 32.8 Å². The van der Waals surface area contributed by atoms with E-state index in [2.05, 4.69) is 0 Å². The minimum Gasteiger partial charge on any atom is -1.00 e. The van der Waals surface area contributed by atoms with Gasteiger partial charge >= 0.3 is 29.6 Å². The summed E-state index contributed by atoms with van der Waals surface area (Å²) < 4.78 is 32.1. The second-order valence-electron chi connectivity index (χ2n) is 4.51. The predicted octanol–water partition coefficient (Wildman–Crippen LogP) is -0.130. The number of nitrogens with zero attached hydrogens (tertiary/aromatic N) is 1. The third kappa shape index (κ3) is 5.08. The number of hydrogen-bond acceptors (Lipinski definition) is 3. The van der Waals surface area contributed by atoms with Crippen molar-refractivity contribution in [3.8, 4) is 0 Å².